The van der Waals surface area contributed by atoms with Crippen molar-refractivity contribution in [2.45, 2.75) is 199 Å². The fourth-order valence-electron chi connectivity index (χ4n) is 5.49. The van der Waals surface area contributed by atoms with Crippen LogP contribution < -0.4 is 5.32 Å². The highest BCUT2D eigenvalue weighted by Crippen LogP contribution is 2.16. The molecule has 40 heavy (non-hydrogen) atoms. The van der Waals surface area contributed by atoms with Crippen LogP contribution in [-0.4, -0.2) is 57.8 Å². The monoisotopic (exact) mass is 572 g/mol. The molecule has 0 aromatic carbocycles. The van der Waals surface area contributed by atoms with E-state index in [1.54, 1.807) is 0 Å². The van der Waals surface area contributed by atoms with Gasteiger partial charge in [0, 0.05) is 13.0 Å². The maximum absolute atomic E-state index is 12.3. The average molecular weight is 572 g/mol. The first-order valence-corrected chi connectivity index (χ1v) is 17.4. The summed E-state index contributed by atoms with van der Waals surface area (Å²) >= 11 is 0. The third kappa shape index (κ3) is 26.2. The van der Waals surface area contributed by atoms with Crippen LogP contribution in [0.1, 0.15) is 180 Å². The van der Waals surface area contributed by atoms with Crippen LogP contribution >= 0.6 is 0 Å². The molecule has 0 saturated heterocycles. The van der Waals surface area contributed by atoms with E-state index in [0.29, 0.717) is 19.4 Å². The zero-order chi connectivity index (χ0) is 29.5. The quantitative estimate of drug-likeness (QED) is 0.0531. The first-order chi connectivity index (χ1) is 19.6. The molecule has 3 atom stereocenters. The van der Waals surface area contributed by atoms with Crippen molar-refractivity contribution in [3.05, 3.63) is 0 Å². The lowest BCUT2D eigenvalue weighted by atomic mass is 9.99. The Morgan fingerprint density at radius 3 is 1.32 bits per heavy atom. The summed E-state index contributed by atoms with van der Waals surface area (Å²) in [6, 6.07) is -0.811. The third-order valence-electron chi connectivity index (χ3n) is 8.26. The molecule has 0 saturated carbocycles. The van der Waals surface area contributed by atoms with Gasteiger partial charge in [0.1, 0.15) is 6.10 Å². The molecule has 0 fully saturated rings. The van der Waals surface area contributed by atoms with Gasteiger partial charge in [0.2, 0.25) is 5.91 Å². The normalized spacial score (nSPS) is 13.8. The van der Waals surface area contributed by atoms with Crippen molar-refractivity contribution >= 4 is 5.91 Å². The van der Waals surface area contributed by atoms with E-state index in [-0.39, 0.29) is 12.5 Å². The number of aliphatic hydroxyl groups is 4. The zero-order valence-corrected chi connectivity index (χ0v) is 26.4. The molecule has 0 unspecified atom stereocenters. The van der Waals surface area contributed by atoms with Gasteiger partial charge in [-0.15, -0.1) is 0 Å². The highest BCUT2D eigenvalue weighted by Gasteiger charge is 2.26. The van der Waals surface area contributed by atoms with Gasteiger partial charge in [0.15, 0.2) is 0 Å². The average Bonchev–Trinajstić information content (AvgIpc) is 2.96. The SMILES string of the molecule is CCCCCCCCCCCCCC[C@@H](O)[C@H](O)[C@H](CO)NC(=O)CCCCCCCCCCCCCCCO. The molecule has 5 N–H and O–H groups in total. The minimum atomic E-state index is -1.14. The van der Waals surface area contributed by atoms with Crippen LogP contribution in [-0.2, 0) is 4.79 Å². The molecule has 0 bridgehead atoms. The lowest BCUT2D eigenvalue weighted by Crippen LogP contribution is -2.50. The van der Waals surface area contributed by atoms with E-state index in [9.17, 15) is 20.1 Å². The Kier molecular flexibility index (Phi) is 30.7. The molecule has 1 amide bonds. The van der Waals surface area contributed by atoms with Crippen molar-refractivity contribution < 1.29 is 25.2 Å². The topological polar surface area (TPSA) is 110 Å². The largest absolute Gasteiger partial charge is 0.396 e. The summed E-state index contributed by atoms with van der Waals surface area (Å²) in [7, 11) is 0. The molecule has 0 rings (SSSR count). The van der Waals surface area contributed by atoms with Crippen LogP contribution in [0, 0.1) is 0 Å². The number of hydrogen-bond acceptors (Lipinski definition) is 5. The summed E-state index contributed by atoms with van der Waals surface area (Å²) in [5.74, 6) is -0.158. The number of aliphatic hydroxyl groups excluding tert-OH is 4. The first kappa shape index (κ1) is 39.3. The van der Waals surface area contributed by atoms with Gasteiger partial charge in [-0.3, -0.25) is 4.79 Å². The van der Waals surface area contributed by atoms with Crippen LogP contribution in [0.2, 0.25) is 0 Å². The second-order valence-corrected chi connectivity index (χ2v) is 12.2. The van der Waals surface area contributed by atoms with E-state index in [2.05, 4.69) is 12.2 Å². The number of carbonyl (C=O) groups excluding carboxylic acids is 1. The molecule has 0 aromatic rings. The van der Waals surface area contributed by atoms with E-state index in [1.807, 2.05) is 0 Å². The van der Waals surface area contributed by atoms with Gasteiger partial charge >= 0.3 is 0 Å². The van der Waals surface area contributed by atoms with Crippen molar-refractivity contribution in [2.75, 3.05) is 13.2 Å². The molecule has 6 nitrogen and oxygen atoms in total. The summed E-state index contributed by atoms with van der Waals surface area (Å²) in [5, 5.41) is 42.0. The smallest absolute Gasteiger partial charge is 0.220 e. The fraction of sp³-hybridized carbons (Fsp3) is 0.971. The molecule has 0 aliphatic carbocycles. The molecule has 6 heteroatoms. The number of carbonyl (C=O) groups is 1. The van der Waals surface area contributed by atoms with E-state index in [4.69, 9.17) is 5.11 Å². The van der Waals surface area contributed by atoms with E-state index in [1.165, 1.54) is 109 Å². The van der Waals surface area contributed by atoms with Crippen LogP contribution in [0.3, 0.4) is 0 Å². The van der Waals surface area contributed by atoms with E-state index >= 15 is 0 Å². The predicted octanol–water partition coefficient (Wildman–Crippen LogP) is 7.73. The molecular formula is C34H69NO5. The molecule has 0 aliphatic rings. The molecular weight excluding hydrogens is 502 g/mol. The van der Waals surface area contributed by atoms with Crippen molar-refractivity contribution in [3.8, 4) is 0 Å². The molecule has 0 spiro atoms. The van der Waals surface area contributed by atoms with E-state index in [0.717, 1.165) is 51.4 Å². The number of unbranched alkanes of at least 4 members (excludes halogenated alkanes) is 23. The first-order valence-electron chi connectivity index (χ1n) is 17.4. The Hall–Kier alpha value is -0.690. The van der Waals surface area contributed by atoms with E-state index < -0.39 is 18.2 Å². The maximum atomic E-state index is 12.3. The van der Waals surface area contributed by atoms with Gasteiger partial charge < -0.3 is 25.7 Å². The summed E-state index contributed by atoms with van der Waals surface area (Å²) < 4.78 is 0. The lowest BCUT2D eigenvalue weighted by Gasteiger charge is -2.26. The molecule has 0 aromatic heterocycles. The van der Waals surface area contributed by atoms with Crippen molar-refractivity contribution in [3.63, 3.8) is 0 Å². The minimum Gasteiger partial charge on any atom is -0.396 e. The fourth-order valence-corrected chi connectivity index (χ4v) is 5.49. The minimum absolute atomic E-state index is 0.158. The van der Waals surface area contributed by atoms with Crippen LogP contribution in [0.5, 0.6) is 0 Å². The summed E-state index contributed by atoms with van der Waals surface area (Å²) in [4.78, 5) is 12.3. The van der Waals surface area contributed by atoms with Crippen molar-refractivity contribution in [1.82, 2.24) is 5.32 Å². The Morgan fingerprint density at radius 1 is 0.550 bits per heavy atom. The van der Waals surface area contributed by atoms with Gasteiger partial charge in [-0.05, 0) is 19.3 Å². The molecule has 0 aliphatic heterocycles. The number of nitrogens with one attached hydrogen (secondary N) is 1. The Balaban J connectivity index is 3.68. The van der Waals surface area contributed by atoms with Crippen molar-refractivity contribution in [2.24, 2.45) is 0 Å². The standard InChI is InChI=1S/C34H69NO5/c1-2-3-4-5-6-7-8-12-15-18-21-24-27-32(38)34(40)31(30-37)35-33(39)28-25-22-19-16-13-10-9-11-14-17-20-23-26-29-36/h31-32,34,36-38,40H,2-30H2,1H3,(H,35,39)/t31-,32+,34+/m0/s1. The molecule has 0 heterocycles. The second-order valence-electron chi connectivity index (χ2n) is 12.2. The van der Waals surface area contributed by atoms with Gasteiger partial charge in [0.25, 0.3) is 0 Å². The summed E-state index contributed by atoms with van der Waals surface area (Å²) in [6.07, 6.45) is 29.1. The van der Waals surface area contributed by atoms with Gasteiger partial charge in [-0.25, -0.2) is 0 Å². The van der Waals surface area contributed by atoms with Crippen LogP contribution in [0.25, 0.3) is 0 Å². The summed E-state index contributed by atoms with van der Waals surface area (Å²) in [5.41, 5.74) is 0. The Bertz CT molecular complexity index is 519. The zero-order valence-electron chi connectivity index (χ0n) is 26.4. The van der Waals surface area contributed by atoms with Gasteiger partial charge in [0.05, 0.1) is 18.8 Å². The number of rotatable bonds is 32. The highest BCUT2D eigenvalue weighted by atomic mass is 16.3. The van der Waals surface area contributed by atoms with Gasteiger partial charge in [-0.2, -0.15) is 0 Å². The Labute approximate surface area is 248 Å². The van der Waals surface area contributed by atoms with Crippen molar-refractivity contribution in [1.29, 1.82) is 0 Å². The van der Waals surface area contributed by atoms with Crippen LogP contribution in [0.15, 0.2) is 0 Å². The molecule has 0 radical (unpaired) electrons. The van der Waals surface area contributed by atoms with Gasteiger partial charge in [-0.1, -0.05) is 155 Å². The highest BCUT2D eigenvalue weighted by molar-refractivity contribution is 5.76. The predicted molar refractivity (Wildman–Crippen MR) is 168 cm³/mol. The third-order valence-corrected chi connectivity index (χ3v) is 8.26. The van der Waals surface area contributed by atoms with Crippen LogP contribution in [0.4, 0.5) is 0 Å². The second kappa shape index (κ2) is 31.3. The maximum Gasteiger partial charge on any atom is 0.220 e. The number of hydrogen-bond donors (Lipinski definition) is 5. The Morgan fingerprint density at radius 2 is 0.925 bits per heavy atom. The molecule has 240 valence electrons. The summed E-state index contributed by atoms with van der Waals surface area (Å²) in [6.45, 7) is 2.20. The number of amides is 1. The lowest BCUT2D eigenvalue weighted by molar-refractivity contribution is -0.124.